The molecule has 0 saturated carbocycles. The summed E-state index contributed by atoms with van der Waals surface area (Å²) in [7, 11) is 0. The van der Waals surface area contributed by atoms with E-state index < -0.39 is 0 Å². The van der Waals surface area contributed by atoms with Gasteiger partial charge in [0.1, 0.15) is 11.5 Å². The predicted molar refractivity (Wildman–Crippen MR) is 70.6 cm³/mol. The van der Waals surface area contributed by atoms with E-state index in [1.165, 1.54) is 0 Å². The summed E-state index contributed by atoms with van der Waals surface area (Å²) in [6.07, 6.45) is 0. The summed E-state index contributed by atoms with van der Waals surface area (Å²) in [6, 6.07) is 11.4. The fourth-order valence-electron chi connectivity index (χ4n) is 1.89. The van der Waals surface area contributed by atoms with E-state index in [4.69, 9.17) is 11.6 Å². The Kier molecular flexibility index (Phi) is 2.45. The maximum atomic E-state index is 11.9. The van der Waals surface area contributed by atoms with Crippen LogP contribution in [-0.2, 0) is 0 Å². The lowest BCUT2D eigenvalue weighted by Gasteiger charge is -2.18. The van der Waals surface area contributed by atoms with E-state index in [9.17, 15) is 5.21 Å². The van der Waals surface area contributed by atoms with Crippen LogP contribution in [0.2, 0.25) is 5.15 Å². The maximum Gasteiger partial charge on any atom is 0.158 e. The number of aromatic nitrogens is 3. The van der Waals surface area contributed by atoms with Gasteiger partial charge in [-0.25, -0.2) is 9.97 Å². The molecule has 0 N–H and O–H groups in total. The average Bonchev–Trinajstić information content (AvgIpc) is 2.83. The molecule has 3 rings (SSSR count). The molecule has 1 aromatic carbocycles. The lowest BCUT2D eigenvalue weighted by molar-refractivity contribution is 0.918. The molecule has 2 heterocycles. The second-order valence-electron chi connectivity index (χ2n) is 3.99. The molecule has 0 bridgehead atoms. The highest BCUT2D eigenvalue weighted by atomic mass is 35.5. The Hall–Kier alpha value is -2.07. The molecule has 0 unspecified atom stereocenters. The van der Waals surface area contributed by atoms with Gasteiger partial charge in [-0.15, -0.1) is 0 Å². The summed E-state index contributed by atoms with van der Waals surface area (Å²) in [5.41, 5.74) is 2.56. The molecule has 4 nitrogen and oxygen atoms in total. The van der Waals surface area contributed by atoms with Gasteiger partial charge in [-0.2, -0.15) is 0 Å². The number of hydrogen-bond acceptors (Lipinski definition) is 3. The Balaban J connectivity index is 2.27. The average molecular weight is 259 g/mol. The number of halogens is 1. The van der Waals surface area contributed by atoms with Gasteiger partial charge in [0, 0.05) is 5.56 Å². The Morgan fingerprint density at radius 1 is 1.17 bits per heavy atom. The van der Waals surface area contributed by atoms with Crippen LogP contribution in [0.5, 0.6) is 0 Å². The highest BCUT2D eigenvalue weighted by Crippen LogP contribution is 2.32. The molecule has 2 aliphatic heterocycles. The normalized spacial score (nSPS) is 11.0. The van der Waals surface area contributed by atoms with E-state index in [1.54, 1.807) is 13.0 Å². The standard InChI is InChI=1S/C13H9ClN3O/c1-8-15-13(14)12-11(17(8)18)7-10(16-12)9-5-3-2-4-6-9/h2-7H,1H3/q-1. The minimum absolute atomic E-state index is 0.261. The van der Waals surface area contributed by atoms with E-state index in [-0.39, 0.29) is 5.15 Å². The molecular weight excluding hydrogens is 250 g/mol. The van der Waals surface area contributed by atoms with Gasteiger partial charge in [0.2, 0.25) is 0 Å². The smallest absolute Gasteiger partial charge is 0.158 e. The third-order valence-electron chi connectivity index (χ3n) is 2.79. The third-order valence-corrected chi connectivity index (χ3v) is 3.05. The van der Waals surface area contributed by atoms with Crippen LogP contribution in [0.15, 0.2) is 36.4 Å². The largest absolute Gasteiger partial charge is 0.804 e. The first-order valence-electron chi connectivity index (χ1n) is 5.45. The van der Waals surface area contributed by atoms with Crippen molar-refractivity contribution in [1.29, 1.82) is 0 Å². The van der Waals surface area contributed by atoms with E-state index in [0.717, 1.165) is 16.0 Å². The maximum absolute atomic E-state index is 11.9. The van der Waals surface area contributed by atoms with Crippen LogP contribution in [0.4, 0.5) is 0 Å². The Bertz CT molecular complexity index is 678. The predicted octanol–water partition coefficient (Wildman–Crippen LogP) is 3.36. The van der Waals surface area contributed by atoms with Crippen LogP contribution in [0.1, 0.15) is 5.82 Å². The fraction of sp³-hybridized carbons (Fsp3) is 0.0769. The molecule has 0 saturated heterocycles. The van der Waals surface area contributed by atoms with Crippen molar-refractivity contribution in [3.05, 3.63) is 52.6 Å². The van der Waals surface area contributed by atoms with Gasteiger partial charge >= 0.3 is 0 Å². The van der Waals surface area contributed by atoms with Gasteiger partial charge in [0.05, 0.1) is 11.4 Å². The van der Waals surface area contributed by atoms with Crippen molar-refractivity contribution in [2.45, 2.75) is 6.92 Å². The van der Waals surface area contributed by atoms with Crippen molar-refractivity contribution in [2.75, 3.05) is 0 Å². The monoisotopic (exact) mass is 258 g/mol. The zero-order chi connectivity index (χ0) is 12.7. The molecule has 0 atom stereocenters. The molecule has 5 heteroatoms. The van der Waals surface area contributed by atoms with Gasteiger partial charge in [0.15, 0.2) is 5.15 Å². The zero-order valence-electron chi connectivity index (χ0n) is 9.59. The summed E-state index contributed by atoms with van der Waals surface area (Å²) < 4.78 is 0.751. The van der Waals surface area contributed by atoms with Crippen LogP contribution in [0.3, 0.4) is 0 Å². The number of fused-ring (bicyclic) bond motifs is 1. The quantitative estimate of drug-likeness (QED) is 0.629. The van der Waals surface area contributed by atoms with E-state index in [1.807, 2.05) is 30.3 Å². The molecule has 90 valence electrons. The molecule has 0 fully saturated rings. The SMILES string of the molecule is Cc1nc(Cl)c2nc(-c3ccccc3)cc-2n1[O-]. The van der Waals surface area contributed by atoms with Crippen molar-refractivity contribution in [3.8, 4) is 22.6 Å². The van der Waals surface area contributed by atoms with Crippen LogP contribution in [0, 0.1) is 12.1 Å². The lowest BCUT2D eigenvalue weighted by Crippen LogP contribution is -2.03. The minimum Gasteiger partial charge on any atom is -0.804 e. The third kappa shape index (κ3) is 1.62. The van der Waals surface area contributed by atoms with E-state index in [2.05, 4.69) is 9.97 Å². The van der Waals surface area contributed by atoms with E-state index in [0.29, 0.717) is 17.2 Å². The molecule has 0 amide bonds. The highest BCUT2D eigenvalue weighted by molar-refractivity contribution is 6.31. The zero-order valence-corrected chi connectivity index (χ0v) is 10.3. The Morgan fingerprint density at radius 2 is 1.89 bits per heavy atom. The van der Waals surface area contributed by atoms with Gasteiger partial charge in [-0.1, -0.05) is 41.9 Å². The van der Waals surface area contributed by atoms with Crippen molar-refractivity contribution < 1.29 is 0 Å². The summed E-state index contributed by atoms with van der Waals surface area (Å²) in [5.74, 6) is 0.319. The summed E-state index contributed by atoms with van der Waals surface area (Å²) >= 11 is 6.01. The van der Waals surface area contributed by atoms with Crippen molar-refractivity contribution >= 4 is 11.6 Å². The summed E-state index contributed by atoms with van der Waals surface area (Å²) in [4.78, 5) is 8.33. The second kappa shape index (κ2) is 3.99. The molecule has 0 radical (unpaired) electrons. The van der Waals surface area contributed by atoms with Crippen molar-refractivity contribution in [3.63, 3.8) is 0 Å². The minimum atomic E-state index is 0.261. The summed E-state index contributed by atoms with van der Waals surface area (Å²) in [6.45, 7) is 1.62. The van der Waals surface area contributed by atoms with Crippen LogP contribution in [-0.4, -0.2) is 14.7 Å². The van der Waals surface area contributed by atoms with Crippen LogP contribution < -0.4 is 0 Å². The number of hydrogen-bond donors (Lipinski definition) is 0. The van der Waals surface area contributed by atoms with Gasteiger partial charge in [-0.05, 0) is 13.0 Å². The molecular formula is C13H9ClN3O-. The van der Waals surface area contributed by atoms with Gasteiger partial charge < -0.3 is 9.94 Å². The fourth-order valence-corrected chi connectivity index (χ4v) is 2.15. The van der Waals surface area contributed by atoms with Crippen molar-refractivity contribution in [2.24, 2.45) is 0 Å². The molecule has 1 aromatic rings. The number of nitrogens with zero attached hydrogens (tertiary/aromatic N) is 3. The van der Waals surface area contributed by atoms with E-state index >= 15 is 0 Å². The topological polar surface area (TPSA) is 53.8 Å². The number of rotatable bonds is 1. The molecule has 18 heavy (non-hydrogen) atoms. The van der Waals surface area contributed by atoms with Gasteiger partial charge in [0.25, 0.3) is 0 Å². The molecule has 0 aliphatic carbocycles. The van der Waals surface area contributed by atoms with Crippen LogP contribution in [0.25, 0.3) is 22.6 Å². The first-order valence-corrected chi connectivity index (χ1v) is 5.83. The van der Waals surface area contributed by atoms with Crippen molar-refractivity contribution in [1.82, 2.24) is 14.7 Å². The number of aryl methyl sites for hydroxylation is 1. The second-order valence-corrected chi connectivity index (χ2v) is 4.34. The van der Waals surface area contributed by atoms with Gasteiger partial charge in [-0.3, -0.25) is 0 Å². The first kappa shape index (κ1) is 11.0. The molecule has 0 aromatic heterocycles. The number of benzene rings is 1. The molecule has 2 aliphatic rings. The molecule has 0 spiro atoms. The lowest BCUT2D eigenvalue weighted by atomic mass is 10.1. The Labute approximate surface area is 109 Å². The Morgan fingerprint density at radius 3 is 2.61 bits per heavy atom. The summed E-state index contributed by atoms with van der Waals surface area (Å²) in [5, 5.41) is 12.1. The highest BCUT2D eigenvalue weighted by Gasteiger charge is 2.16. The van der Waals surface area contributed by atoms with Crippen LogP contribution >= 0.6 is 11.6 Å². The first-order chi connectivity index (χ1) is 8.66.